The third kappa shape index (κ3) is 1.03. The number of aromatic nitrogens is 1. The van der Waals surface area contributed by atoms with Crippen molar-refractivity contribution in [2.45, 2.75) is 13.8 Å². The molecule has 3 N–H and O–H groups in total. The Bertz CT molecular complexity index is 208. The molecule has 1 heterocycles. The molecule has 0 radical (unpaired) electrons. The lowest BCUT2D eigenvalue weighted by molar-refractivity contribution is 0.467. The Hall–Kier alpha value is -1.25. The van der Waals surface area contributed by atoms with Crippen LogP contribution in [0.1, 0.15) is 11.4 Å². The molecule has 0 unspecified atom stereocenters. The Morgan fingerprint density at radius 3 is 2.50 bits per heavy atom. The number of nitrogen functional groups attached to an aromatic ring is 1. The summed E-state index contributed by atoms with van der Waals surface area (Å²) in [4.78, 5) is 4.00. The van der Waals surface area contributed by atoms with Gasteiger partial charge in [0.15, 0.2) is 0 Å². The van der Waals surface area contributed by atoms with Gasteiger partial charge in [-0.05, 0) is 13.8 Å². The van der Waals surface area contributed by atoms with Gasteiger partial charge in [-0.25, -0.2) is 0 Å². The van der Waals surface area contributed by atoms with Gasteiger partial charge in [0.2, 0.25) is 0 Å². The van der Waals surface area contributed by atoms with Crippen LogP contribution in [0.2, 0.25) is 0 Å². The van der Waals surface area contributed by atoms with Crippen LogP contribution in [-0.4, -0.2) is 10.1 Å². The Labute approximate surface area is 59.5 Å². The molecule has 0 aliphatic heterocycles. The molecule has 0 saturated carbocycles. The normalized spacial score (nSPS) is 9.80. The van der Waals surface area contributed by atoms with Gasteiger partial charge in [-0.15, -0.1) is 0 Å². The van der Waals surface area contributed by atoms with Crippen molar-refractivity contribution in [2.75, 3.05) is 5.73 Å². The van der Waals surface area contributed by atoms with Gasteiger partial charge in [-0.2, -0.15) is 0 Å². The van der Waals surface area contributed by atoms with E-state index in [1.165, 1.54) is 6.07 Å². The third-order valence-corrected chi connectivity index (χ3v) is 1.42. The molecule has 3 heteroatoms. The smallest absolute Gasteiger partial charge is 0.138 e. The van der Waals surface area contributed by atoms with Crippen LogP contribution in [0.5, 0.6) is 5.75 Å². The lowest BCUT2D eigenvalue weighted by atomic mass is 10.2. The fourth-order valence-electron chi connectivity index (χ4n) is 0.730. The first-order valence-electron chi connectivity index (χ1n) is 3.04. The van der Waals surface area contributed by atoms with E-state index >= 15 is 0 Å². The largest absolute Gasteiger partial charge is 0.506 e. The van der Waals surface area contributed by atoms with E-state index in [0.717, 1.165) is 5.69 Å². The topological polar surface area (TPSA) is 59.1 Å². The van der Waals surface area contributed by atoms with Crippen LogP contribution >= 0.6 is 0 Å². The predicted molar refractivity (Wildman–Crippen MR) is 39.8 cm³/mol. The van der Waals surface area contributed by atoms with E-state index in [-0.39, 0.29) is 5.75 Å². The van der Waals surface area contributed by atoms with Crippen LogP contribution in [0.15, 0.2) is 6.07 Å². The average molecular weight is 138 g/mol. The van der Waals surface area contributed by atoms with Gasteiger partial charge in [0.05, 0.1) is 17.1 Å². The second-order valence-electron chi connectivity index (χ2n) is 2.27. The number of anilines is 1. The molecule has 0 aliphatic rings. The molecule has 0 spiro atoms. The minimum absolute atomic E-state index is 0.156. The van der Waals surface area contributed by atoms with Crippen molar-refractivity contribution in [2.24, 2.45) is 0 Å². The van der Waals surface area contributed by atoms with E-state index in [9.17, 15) is 0 Å². The van der Waals surface area contributed by atoms with Crippen LogP contribution in [-0.2, 0) is 0 Å². The highest BCUT2D eigenvalue weighted by Crippen LogP contribution is 2.18. The van der Waals surface area contributed by atoms with Crippen LogP contribution in [0.25, 0.3) is 0 Å². The fourth-order valence-corrected chi connectivity index (χ4v) is 0.730. The number of aromatic hydroxyl groups is 1. The summed E-state index contributed by atoms with van der Waals surface area (Å²) < 4.78 is 0. The van der Waals surface area contributed by atoms with E-state index in [0.29, 0.717) is 11.4 Å². The highest BCUT2D eigenvalue weighted by molar-refractivity contribution is 5.48. The highest BCUT2D eigenvalue weighted by atomic mass is 16.3. The monoisotopic (exact) mass is 138 g/mol. The number of pyridine rings is 1. The minimum Gasteiger partial charge on any atom is -0.506 e. The zero-order chi connectivity index (χ0) is 7.72. The van der Waals surface area contributed by atoms with E-state index in [2.05, 4.69) is 4.98 Å². The van der Waals surface area contributed by atoms with Gasteiger partial charge in [-0.1, -0.05) is 0 Å². The van der Waals surface area contributed by atoms with Gasteiger partial charge in [0.1, 0.15) is 5.75 Å². The van der Waals surface area contributed by atoms with Crippen molar-refractivity contribution in [3.8, 4) is 5.75 Å². The number of aryl methyl sites for hydroxylation is 2. The summed E-state index contributed by atoms with van der Waals surface area (Å²) >= 11 is 0. The van der Waals surface area contributed by atoms with Crippen molar-refractivity contribution < 1.29 is 5.11 Å². The Kier molecular flexibility index (Phi) is 1.49. The molecule has 1 aromatic rings. The number of hydrogen-bond acceptors (Lipinski definition) is 3. The Morgan fingerprint density at radius 2 is 2.00 bits per heavy atom. The molecule has 10 heavy (non-hydrogen) atoms. The molecule has 0 atom stereocenters. The van der Waals surface area contributed by atoms with Gasteiger partial charge in [-0.3, -0.25) is 4.98 Å². The fraction of sp³-hybridized carbons (Fsp3) is 0.286. The molecule has 0 fully saturated rings. The number of nitrogens with zero attached hydrogens (tertiary/aromatic N) is 1. The summed E-state index contributed by atoms with van der Waals surface area (Å²) in [5.41, 5.74) is 7.37. The molecule has 1 aromatic heterocycles. The van der Waals surface area contributed by atoms with Gasteiger partial charge in [0.25, 0.3) is 0 Å². The minimum atomic E-state index is 0.156. The summed E-state index contributed by atoms with van der Waals surface area (Å²) in [5, 5.41) is 9.08. The molecule has 0 aliphatic carbocycles. The summed E-state index contributed by atoms with van der Waals surface area (Å²) in [6.07, 6.45) is 0. The standard InChI is InChI=1S/C7H10N2O/c1-4-6(8)3-7(10)5(2)9-4/h3,10H,8H2,1-2H3. The van der Waals surface area contributed by atoms with Gasteiger partial charge in [0, 0.05) is 6.07 Å². The third-order valence-electron chi connectivity index (χ3n) is 1.42. The first-order valence-corrected chi connectivity index (χ1v) is 3.04. The second-order valence-corrected chi connectivity index (χ2v) is 2.27. The van der Waals surface area contributed by atoms with Crippen LogP contribution in [0.3, 0.4) is 0 Å². The van der Waals surface area contributed by atoms with Crippen molar-refractivity contribution in [1.29, 1.82) is 0 Å². The van der Waals surface area contributed by atoms with Gasteiger partial charge < -0.3 is 10.8 Å². The van der Waals surface area contributed by atoms with Crippen molar-refractivity contribution >= 4 is 5.69 Å². The van der Waals surface area contributed by atoms with E-state index in [4.69, 9.17) is 10.8 Å². The van der Waals surface area contributed by atoms with Gasteiger partial charge >= 0.3 is 0 Å². The van der Waals surface area contributed by atoms with E-state index < -0.39 is 0 Å². The first kappa shape index (κ1) is 6.86. The van der Waals surface area contributed by atoms with Crippen LogP contribution in [0.4, 0.5) is 5.69 Å². The zero-order valence-corrected chi connectivity index (χ0v) is 6.05. The first-order chi connectivity index (χ1) is 4.61. The van der Waals surface area contributed by atoms with Crippen molar-refractivity contribution in [3.05, 3.63) is 17.5 Å². The lowest BCUT2D eigenvalue weighted by Gasteiger charge is -2.01. The maximum Gasteiger partial charge on any atom is 0.138 e. The molecule has 54 valence electrons. The summed E-state index contributed by atoms with van der Waals surface area (Å²) in [6, 6.07) is 1.51. The number of nitrogens with two attached hydrogens (primary N) is 1. The second kappa shape index (κ2) is 2.17. The van der Waals surface area contributed by atoms with Crippen molar-refractivity contribution in [1.82, 2.24) is 4.98 Å². The molecule has 1 rings (SSSR count). The van der Waals surface area contributed by atoms with E-state index in [1.807, 2.05) is 6.92 Å². The SMILES string of the molecule is Cc1nc(C)c(O)cc1N. The maximum absolute atomic E-state index is 9.08. The highest BCUT2D eigenvalue weighted by Gasteiger charge is 1.99. The molecule has 0 amide bonds. The Balaban J connectivity index is 3.28. The van der Waals surface area contributed by atoms with Crippen LogP contribution < -0.4 is 5.73 Å². The zero-order valence-electron chi connectivity index (χ0n) is 6.05. The van der Waals surface area contributed by atoms with Crippen LogP contribution in [0, 0.1) is 13.8 Å². The quantitative estimate of drug-likeness (QED) is 0.562. The Morgan fingerprint density at radius 1 is 1.40 bits per heavy atom. The lowest BCUT2D eigenvalue weighted by Crippen LogP contribution is -1.94. The number of rotatable bonds is 0. The molecule has 0 saturated heterocycles. The molecular formula is C7H10N2O. The molecule has 0 aromatic carbocycles. The van der Waals surface area contributed by atoms with Crippen molar-refractivity contribution in [3.63, 3.8) is 0 Å². The maximum atomic E-state index is 9.08. The summed E-state index contributed by atoms with van der Waals surface area (Å²) in [5.74, 6) is 0.156. The summed E-state index contributed by atoms with van der Waals surface area (Å²) in [7, 11) is 0. The predicted octanol–water partition coefficient (Wildman–Crippen LogP) is 0.986. The molecule has 3 nitrogen and oxygen atoms in total. The summed E-state index contributed by atoms with van der Waals surface area (Å²) in [6.45, 7) is 3.55. The van der Waals surface area contributed by atoms with E-state index in [1.54, 1.807) is 6.92 Å². The number of hydrogen-bond donors (Lipinski definition) is 2. The molecular weight excluding hydrogens is 128 g/mol. The average Bonchev–Trinajstić information content (AvgIpc) is 1.84. The molecule has 0 bridgehead atoms.